The van der Waals surface area contributed by atoms with Gasteiger partial charge in [-0.25, -0.2) is 0 Å². The van der Waals surface area contributed by atoms with Crippen molar-refractivity contribution in [2.45, 2.75) is 81.8 Å². The summed E-state index contributed by atoms with van der Waals surface area (Å²) in [6.07, 6.45) is 9.26. The fraction of sp³-hybridized carbons (Fsp3) is 0.864. The molecule has 3 saturated carbocycles. The summed E-state index contributed by atoms with van der Waals surface area (Å²) < 4.78 is 0. The lowest BCUT2D eigenvalue weighted by Crippen LogP contribution is -2.66. The van der Waals surface area contributed by atoms with Crippen molar-refractivity contribution < 1.29 is 9.59 Å². The zero-order chi connectivity index (χ0) is 20.5. The SMILES string of the molecule is CCC(=O)N1CCN(C23CCC(NCC(=O)N4CCC[C@H]4C#N)(CC2)CC3)CC1. The van der Waals surface area contributed by atoms with E-state index in [9.17, 15) is 14.9 Å². The second kappa shape index (κ2) is 8.23. The van der Waals surface area contributed by atoms with E-state index in [1.165, 1.54) is 19.3 Å². The van der Waals surface area contributed by atoms with Crippen molar-refractivity contribution in [2.75, 3.05) is 39.3 Å². The van der Waals surface area contributed by atoms with Crippen LogP contribution in [0.15, 0.2) is 0 Å². The Hall–Kier alpha value is -1.65. The molecule has 5 fully saturated rings. The molecule has 0 unspecified atom stereocenters. The highest BCUT2D eigenvalue weighted by Gasteiger charge is 2.51. The molecule has 0 aromatic heterocycles. The van der Waals surface area contributed by atoms with Crippen molar-refractivity contribution in [3.05, 3.63) is 0 Å². The Balaban J connectivity index is 1.28. The van der Waals surface area contributed by atoms with Crippen LogP contribution in [0.4, 0.5) is 0 Å². The molecule has 1 atom stereocenters. The fourth-order valence-electron chi connectivity index (χ4n) is 6.12. The number of amides is 2. The van der Waals surface area contributed by atoms with Crippen LogP contribution in [0.1, 0.15) is 64.7 Å². The number of hydrogen-bond acceptors (Lipinski definition) is 5. The zero-order valence-electron chi connectivity index (χ0n) is 17.8. The summed E-state index contributed by atoms with van der Waals surface area (Å²) in [6, 6.07) is 2.04. The van der Waals surface area contributed by atoms with Crippen molar-refractivity contribution in [3.63, 3.8) is 0 Å². The summed E-state index contributed by atoms with van der Waals surface area (Å²) in [6.45, 7) is 6.75. The van der Waals surface area contributed by atoms with Gasteiger partial charge < -0.3 is 15.1 Å². The van der Waals surface area contributed by atoms with E-state index in [2.05, 4.69) is 16.3 Å². The first kappa shape index (κ1) is 20.6. The summed E-state index contributed by atoms with van der Waals surface area (Å²) in [7, 11) is 0. The molecule has 0 spiro atoms. The molecule has 0 aromatic rings. The van der Waals surface area contributed by atoms with E-state index >= 15 is 0 Å². The van der Waals surface area contributed by atoms with E-state index in [0.717, 1.165) is 64.8 Å². The summed E-state index contributed by atoms with van der Waals surface area (Å²) in [4.78, 5) is 31.0. The molecule has 2 heterocycles. The molecule has 2 bridgehead atoms. The standard InChI is InChI=1S/C22H35N5O2/c1-2-19(28)25-12-14-26(15-13-25)22-8-5-21(6-9-22,7-10-22)24-17-20(29)27-11-3-4-18(27)16-23/h18,24H,2-15,17H2,1H3/t18-,21?,22?/m0/s1. The van der Waals surface area contributed by atoms with Crippen LogP contribution in [0.2, 0.25) is 0 Å². The minimum absolute atomic E-state index is 0.0857. The van der Waals surface area contributed by atoms with Crippen LogP contribution in [0, 0.1) is 11.3 Å². The topological polar surface area (TPSA) is 79.7 Å². The van der Waals surface area contributed by atoms with Crippen LogP contribution in [-0.2, 0) is 9.59 Å². The number of piperazine rings is 1. The second-order valence-electron chi connectivity index (χ2n) is 9.45. The van der Waals surface area contributed by atoms with Crippen LogP contribution in [0.25, 0.3) is 0 Å². The molecule has 2 saturated heterocycles. The first-order valence-corrected chi connectivity index (χ1v) is 11.5. The number of nitrogens with one attached hydrogen (secondary N) is 1. The minimum Gasteiger partial charge on any atom is -0.340 e. The lowest BCUT2D eigenvalue weighted by molar-refractivity contribution is -0.136. The van der Waals surface area contributed by atoms with Crippen LogP contribution >= 0.6 is 0 Å². The van der Waals surface area contributed by atoms with E-state index < -0.39 is 0 Å². The smallest absolute Gasteiger partial charge is 0.237 e. The Bertz CT molecular complexity index is 655. The van der Waals surface area contributed by atoms with Crippen molar-refractivity contribution in [1.82, 2.24) is 20.0 Å². The molecule has 7 heteroatoms. The number of fused-ring (bicyclic) bond motifs is 3. The molecule has 160 valence electrons. The number of nitrogens with zero attached hydrogens (tertiary/aromatic N) is 4. The second-order valence-corrected chi connectivity index (χ2v) is 9.45. The number of likely N-dealkylation sites (tertiary alicyclic amines) is 1. The first-order chi connectivity index (χ1) is 14.0. The number of nitriles is 1. The Kier molecular flexibility index (Phi) is 5.85. The average molecular weight is 402 g/mol. The summed E-state index contributed by atoms with van der Waals surface area (Å²) in [5.41, 5.74) is 0.398. The molecule has 0 aromatic carbocycles. The number of hydrogen-bond donors (Lipinski definition) is 1. The largest absolute Gasteiger partial charge is 0.340 e. The normalized spacial score (nSPS) is 35.0. The highest BCUT2D eigenvalue weighted by Crippen LogP contribution is 2.50. The highest BCUT2D eigenvalue weighted by molar-refractivity contribution is 5.79. The van der Waals surface area contributed by atoms with Crippen LogP contribution in [-0.4, -0.2) is 82.9 Å². The van der Waals surface area contributed by atoms with Gasteiger partial charge in [-0.1, -0.05) is 6.92 Å². The van der Waals surface area contributed by atoms with Gasteiger partial charge in [-0.05, 0) is 51.4 Å². The van der Waals surface area contributed by atoms with Gasteiger partial charge in [0, 0.05) is 50.2 Å². The van der Waals surface area contributed by atoms with Crippen LogP contribution in [0.5, 0.6) is 0 Å². The van der Waals surface area contributed by atoms with Gasteiger partial charge in [-0.3, -0.25) is 14.5 Å². The van der Waals surface area contributed by atoms with Gasteiger partial charge in [0.25, 0.3) is 0 Å². The predicted octanol–water partition coefficient (Wildman–Crippen LogP) is 1.49. The van der Waals surface area contributed by atoms with Gasteiger partial charge in [-0.15, -0.1) is 0 Å². The Morgan fingerprint density at radius 1 is 1.00 bits per heavy atom. The lowest BCUT2D eigenvalue weighted by Gasteiger charge is -2.59. The molecule has 1 N–H and O–H groups in total. The van der Waals surface area contributed by atoms with E-state index in [0.29, 0.717) is 18.5 Å². The summed E-state index contributed by atoms with van der Waals surface area (Å²) in [5.74, 6) is 0.363. The maximum atomic E-state index is 12.6. The van der Waals surface area contributed by atoms with Crippen molar-refractivity contribution in [3.8, 4) is 6.07 Å². The maximum Gasteiger partial charge on any atom is 0.237 e. The third-order valence-corrected chi connectivity index (χ3v) is 8.15. The maximum absolute atomic E-state index is 12.6. The van der Waals surface area contributed by atoms with Gasteiger partial charge in [0.15, 0.2) is 0 Å². The molecule has 7 nitrogen and oxygen atoms in total. The summed E-state index contributed by atoms with van der Waals surface area (Å²) >= 11 is 0. The molecule has 5 rings (SSSR count). The fourth-order valence-corrected chi connectivity index (χ4v) is 6.12. The molecule has 2 amide bonds. The van der Waals surface area contributed by atoms with E-state index in [1.807, 2.05) is 11.8 Å². The molecule has 29 heavy (non-hydrogen) atoms. The third-order valence-electron chi connectivity index (χ3n) is 8.15. The zero-order valence-corrected chi connectivity index (χ0v) is 17.8. The molecule has 5 aliphatic rings. The molecular weight excluding hydrogens is 366 g/mol. The van der Waals surface area contributed by atoms with Gasteiger partial charge in [0.05, 0.1) is 12.6 Å². The third kappa shape index (κ3) is 3.89. The van der Waals surface area contributed by atoms with Crippen LogP contribution in [0.3, 0.4) is 0 Å². The van der Waals surface area contributed by atoms with Crippen LogP contribution < -0.4 is 5.32 Å². The van der Waals surface area contributed by atoms with E-state index in [-0.39, 0.29) is 23.4 Å². The van der Waals surface area contributed by atoms with Gasteiger partial charge in [0.1, 0.15) is 6.04 Å². The quantitative estimate of drug-likeness (QED) is 0.755. The number of rotatable bonds is 5. The number of carbonyl (C=O) groups is 2. The van der Waals surface area contributed by atoms with Crippen molar-refractivity contribution in [1.29, 1.82) is 5.26 Å². The van der Waals surface area contributed by atoms with E-state index in [4.69, 9.17) is 0 Å². The van der Waals surface area contributed by atoms with Gasteiger partial charge >= 0.3 is 0 Å². The Morgan fingerprint density at radius 2 is 1.66 bits per heavy atom. The lowest BCUT2D eigenvalue weighted by atomic mass is 9.60. The number of carbonyl (C=O) groups excluding carboxylic acids is 2. The summed E-state index contributed by atoms with van der Waals surface area (Å²) in [5, 5.41) is 12.8. The molecule has 0 radical (unpaired) electrons. The van der Waals surface area contributed by atoms with Gasteiger partial charge in [-0.2, -0.15) is 5.26 Å². The minimum atomic E-state index is -0.231. The van der Waals surface area contributed by atoms with E-state index in [1.54, 1.807) is 4.90 Å². The molecule has 3 aliphatic carbocycles. The van der Waals surface area contributed by atoms with Crippen molar-refractivity contribution >= 4 is 11.8 Å². The Labute approximate surface area is 174 Å². The predicted molar refractivity (Wildman–Crippen MR) is 110 cm³/mol. The Morgan fingerprint density at radius 3 is 2.24 bits per heavy atom. The monoisotopic (exact) mass is 401 g/mol. The molecule has 2 aliphatic heterocycles. The van der Waals surface area contributed by atoms with Gasteiger partial charge in [0.2, 0.25) is 11.8 Å². The molecular formula is C22H35N5O2. The van der Waals surface area contributed by atoms with Crippen molar-refractivity contribution in [2.24, 2.45) is 0 Å². The highest BCUT2D eigenvalue weighted by atomic mass is 16.2. The average Bonchev–Trinajstić information content (AvgIpc) is 3.27. The first-order valence-electron chi connectivity index (χ1n) is 11.5.